The van der Waals surface area contributed by atoms with E-state index in [2.05, 4.69) is 20.4 Å². The van der Waals surface area contributed by atoms with E-state index < -0.39 is 0 Å². The molecule has 18 heavy (non-hydrogen) atoms. The summed E-state index contributed by atoms with van der Waals surface area (Å²) in [4.78, 5) is 5.94. The molecular formula is C12H11N5S. The van der Waals surface area contributed by atoms with E-state index in [-0.39, 0.29) is 0 Å². The van der Waals surface area contributed by atoms with E-state index in [1.165, 1.54) is 0 Å². The molecule has 5 nitrogen and oxygen atoms in total. The van der Waals surface area contributed by atoms with Gasteiger partial charge in [-0.25, -0.2) is 4.98 Å². The molecule has 0 unspecified atom stereocenters. The van der Waals surface area contributed by atoms with Crippen LogP contribution in [0.1, 0.15) is 10.7 Å². The van der Waals surface area contributed by atoms with Gasteiger partial charge in [0, 0.05) is 10.9 Å². The molecule has 2 heterocycles. The average Bonchev–Trinajstić information content (AvgIpc) is 3.01. The number of benzene rings is 1. The first-order chi connectivity index (χ1) is 8.81. The zero-order valence-corrected chi connectivity index (χ0v) is 10.6. The Bertz CT molecular complexity index is 643. The first kappa shape index (κ1) is 11.0. The molecule has 0 saturated carbocycles. The number of tetrazole rings is 1. The van der Waals surface area contributed by atoms with Crippen molar-refractivity contribution in [1.29, 1.82) is 0 Å². The van der Waals surface area contributed by atoms with Crippen LogP contribution < -0.4 is 0 Å². The number of hydrogen-bond acceptors (Lipinski definition) is 5. The summed E-state index contributed by atoms with van der Waals surface area (Å²) in [7, 11) is 0. The van der Waals surface area contributed by atoms with Crippen LogP contribution in [0.2, 0.25) is 0 Å². The van der Waals surface area contributed by atoms with Gasteiger partial charge in [0.15, 0.2) is 0 Å². The lowest BCUT2D eigenvalue weighted by Gasteiger charge is -1.94. The Morgan fingerprint density at radius 1 is 1.22 bits per heavy atom. The minimum Gasteiger partial charge on any atom is -0.245 e. The van der Waals surface area contributed by atoms with Crippen molar-refractivity contribution in [2.24, 2.45) is 0 Å². The lowest BCUT2D eigenvalue weighted by atomic mass is 10.2. The Labute approximate surface area is 108 Å². The van der Waals surface area contributed by atoms with E-state index in [0.717, 1.165) is 16.3 Å². The zero-order chi connectivity index (χ0) is 12.4. The topological polar surface area (TPSA) is 56.5 Å². The van der Waals surface area contributed by atoms with Crippen molar-refractivity contribution >= 4 is 11.3 Å². The lowest BCUT2D eigenvalue weighted by Crippen LogP contribution is -2.04. The summed E-state index contributed by atoms with van der Waals surface area (Å²) in [6.07, 6.45) is 0. The van der Waals surface area contributed by atoms with Gasteiger partial charge < -0.3 is 0 Å². The van der Waals surface area contributed by atoms with E-state index >= 15 is 0 Å². The molecule has 1 aromatic carbocycles. The van der Waals surface area contributed by atoms with Crippen molar-refractivity contribution in [3.8, 4) is 11.4 Å². The maximum Gasteiger partial charge on any atom is 0.204 e. The summed E-state index contributed by atoms with van der Waals surface area (Å²) >= 11 is 1.63. The van der Waals surface area contributed by atoms with Crippen molar-refractivity contribution in [3.63, 3.8) is 0 Å². The second kappa shape index (κ2) is 4.66. The fraction of sp³-hybridized carbons (Fsp3) is 0.167. The number of hydrogen-bond donors (Lipinski definition) is 0. The highest BCUT2D eigenvalue weighted by molar-refractivity contribution is 7.09. The summed E-state index contributed by atoms with van der Waals surface area (Å²) in [6.45, 7) is 2.54. The minimum atomic E-state index is 0.560. The van der Waals surface area contributed by atoms with E-state index in [9.17, 15) is 0 Å². The number of aryl methyl sites for hydroxylation is 1. The largest absolute Gasteiger partial charge is 0.245 e. The fourth-order valence-corrected chi connectivity index (χ4v) is 2.24. The van der Waals surface area contributed by atoms with Gasteiger partial charge in [0.2, 0.25) is 5.82 Å². The van der Waals surface area contributed by atoms with E-state index in [4.69, 9.17) is 0 Å². The van der Waals surface area contributed by atoms with Crippen LogP contribution in [0.5, 0.6) is 0 Å². The third kappa shape index (κ3) is 2.28. The molecule has 0 atom stereocenters. The number of thiazole rings is 1. The van der Waals surface area contributed by atoms with Crippen LogP contribution in [0.25, 0.3) is 11.4 Å². The van der Waals surface area contributed by atoms with E-state index in [0.29, 0.717) is 12.4 Å². The van der Waals surface area contributed by atoms with Crippen molar-refractivity contribution < 1.29 is 0 Å². The van der Waals surface area contributed by atoms with Gasteiger partial charge in [0.05, 0.1) is 10.7 Å². The average molecular weight is 257 g/mol. The maximum absolute atomic E-state index is 4.38. The molecule has 0 radical (unpaired) electrons. The monoisotopic (exact) mass is 257 g/mol. The lowest BCUT2D eigenvalue weighted by molar-refractivity contribution is 0.566. The Hall–Kier alpha value is -2.08. The first-order valence-electron chi connectivity index (χ1n) is 5.55. The highest BCUT2D eigenvalue weighted by Crippen LogP contribution is 2.13. The summed E-state index contributed by atoms with van der Waals surface area (Å²) in [5.74, 6) is 0.641. The standard InChI is InChI=1S/C12H11N5S/c1-9-13-11(8-18-9)7-17-15-12(14-16-17)10-5-3-2-4-6-10/h2-6,8H,7H2,1H3. The second-order valence-corrected chi connectivity index (χ2v) is 4.93. The van der Waals surface area contributed by atoms with Gasteiger partial charge >= 0.3 is 0 Å². The second-order valence-electron chi connectivity index (χ2n) is 3.87. The molecule has 2 aromatic heterocycles. The van der Waals surface area contributed by atoms with Crippen LogP contribution >= 0.6 is 11.3 Å². The van der Waals surface area contributed by atoms with Crippen LogP contribution in [0.3, 0.4) is 0 Å². The molecular weight excluding hydrogens is 246 g/mol. The molecule has 0 bridgehead atoms. The highest BCUT2D eigenvalue weighted by atomic mass is 32.1. The SMILES string of the molecule is Cc1nc(Cn2nnc(-c3ccccc3)n2)cs1. The highest BCUT2D eigenvalue weighted by Gasteiger charge is 2.06. The molecule has 0 aliphatic rings. The van der Waals surface area contributed by atoms with Crippen LogP contribution in [0, 0.1) is 6.92 Å². The van der Waals surface area contributed by atoms with Gasteiger partial charge in [0.25, 0.3) is 0 Å². The molecule has 0 fully saturated rings. The van der Waals surface area contributed by atoms with Gasteiger partial charge in [-0.1, -0.05) is 30.3 Å². The van der Waals surface area contributed by atoms with Crippen molar-refractivity contribution in [2.45, 2.75) is 13.5 Å². The third-order valence-corrected chi connectivity index (χ3v) is 3.28. The smallest absolute Gasteiger partial charge is 0.204 e. The van der Waals surface area contributed by atoms with Crippen LogP contribution in [0.15, 0.2) is 35.7 Å². The van der Waals surface area contributed by atoms with Gasteiger partial charge in [0.1, 0.15) is 6.54 Å². The zero-order valence-electron chi connectivity index (χ0n) is 9.82. The fourth-order valence-electron chi connectivity index (χ4n) is 1.64. The van der Waals surface area contributed by atoms with Crippen molar-refractivity contribution in [3.05, 3.63) is 46.4 Å². The normalized spacial score (nSPS) is 10.7. The van der Waals surface area contributed by atoms with Crippen molar-refractivity contribution in [2.75, 3.05) is 0 Å². The first-order valence-corrected chi connectivity index (χ1v) is 6.43. The predicted molar refractivity (Wildman–Crippen MR) is 69.2 cm³/mol. The number of rotatable bonds is 3. The van der Waals surface area contributed by atoms with Gasteiger partial charge in [-0.3, -0.25) is 0 Å². The molecule has 0 spiro atoms. The molecule has 0 aliphatic carbocycles. The van der Waals surface area contributed by atoms with Gasteiger partial charge in [-0.05, 0) is 12.1 Å². The molecule has 3 rings (SSSR count). The quantitative estimate of drug-likeness (QED) is 0.721. The predicted octanol–water partition coefficient (Wildman–Crippen LogP) is 2.15. The summed E-state index contributed by atoms with van der Waals surface area (Å²) in [6, 6.07) is 9.81. The molecule has 0 N–H and O–H groups in total. The summed E-state index contributed by atoms with van der Waals surface area (Å²) < 4.78 is 0. The van der Waals surface area contributed by atoms with E-state index in [1.807, 2.05) is 42.6 Å². The van der Waals surface area contributed by atoms with Crippen LogP contribution in [-0.2, 0) is 6.54 Å². The Morgan fingerprint density at radius 3 is 2.78 bits per heavy atom. The minimum absolute atomic E-state index is 0.560. The Balaban J connectivity index is 1.82. The van der Waals surface area contributed by atoms with Gasteiger partial charge in [-0.15, -0.1) is 21.5 Å². The maximum atomic E-state index is 4.38. The van der Waals surface area contributed by atoms with Crippen molar-refractivity contribution in [1.82, 2.24) is 25.2 Å². The molecule has 6 heteroatoms. The number of aromatic nitrogens is 5. The summed E-state index contributed by atoms with van der Waals surface area (Å²) in [5.41, 5.74) is 1.94. The molecule has 0 aliphatic heterocycles. The molecule has 0 saturated heterocycles. The van der Waals surface area contributed by atoms with Crippen LogP contribution in [0.4, 0.5) is 0 Å². The van der Waals surface area contributed by atoms with E-state index in [1.54, 1.807) is 16.1 Å². The van der Waals surface area contributed by atoms with Gasteiger partial charge in [-0.2, -0.15) is 4.80 Å². The molecule has 0 amide bonds. The Kier molecular flexibility index (Phi) is 2.85. The number of nitrogens with zero attached hydrogens (tertiary/aromatic N) is 5. The Morgan fingerprint density at radius 2 is 2.06 bits per heavy atom. The molecule has 90 valence electrons. The summed E-state index contributed by atoms with van der Waals surface area (Å²) in [5, 5.41) is 15.5. The molecule has 3 aromatic rings. The third-order valence-electron chi connectivity index (χ3n) is 2.45. The van der Waals surface area contributed by atoms with Crippen LogP contribution in [-0.4, -0.2) is 25.2 Å².